The summed E-state index contributed by atoms with van der Waals surface area (Å²) in [6, 6.07) is 14.6. The van der Waals surface area contributed by atoms with Gasteiger partial charge < -0.3 is 10.1 Å². The molecule has 1 aromatic heterocycles. The first-order valence-electron chi connectivity index (χ1n) is 7.02. The van der Waals surface area contributed by atoms with Crippen molar-refractivity contribution in [1.82, 2.24) is 10.3 Å². The summed E-state index contributed by atoms with van der Waals surface area (Å²) in [5.41, 5.74) is 3.14. The second-order valence-corrected chi connectivity index (χ2v) is 5.21. The molecule has 3 heteroatoms. The summed E-state index contributed by atoms with van der Waals surface area (Å²) in [4.78, 5) is 4.60. The van der Waals surface area contributed by atoms with Crippen LogP contribution in [-0.2, 0) is 13.2 Å². The third kappa shape index (κ3) is 4.35. The van der Waals surface area contributed by atoms with E-state index in [-0.39, 0.29) is 0 Å². The normalized spacial score (nSPS) is 10.8. The minimum Gasteiger partial charge on any atom is -0.487 e. The molecule has 1 N–H and O–H groups in total. The molecule has 0 amide bonds. The molecule has 0 atom stereocenters. The Balaban J connectivity index is 1.96. The molecule has 2 aromatic rings. The minimum absolute atomic E-state index is 0.462. The molecule has 0 bridgehead atoms. The molecule has 0 aliphatic heterocycles. The summed E-state index contributed by atoms with van der Waals surface area (Å²) >= 11 is 0. The van der Waals surface area contributed by atoms with Gasteiger partial charge >= 0.3 is 0 Å². The maximum absolute atomic E-state index is 5.82. The van der Waals surface area contributed by atoms with Crippen molar-refractivity contribution in [3.8, 4) is 5.75 Å². The molecular formula is C17H22N2O. The van der Waals surface area contributed by atoms with E-state index in [9.17, 15) is 0 Å². The van der Waals surface area contributed by atoms with Crippen molar-refractivity contribution in [2.75, 3.05) is 0 Å². The van der Waals surface area contributed by atoms with Crippen molar-refractivity contribution < 1.29 is 4.74 Å². The van der Waals surface area contributed by atoms with Gasteiger partial charge in [0.15, 0.2) is 0 Å². The summed E-state index contributed by atoms with van der Waals surface area (Å²) in [6.07, 6.45) is 0. The van der Waals surface area contributed by atoms with E-state index in [0.29, 0.717) is 12.6 Å². The minimum atomic E-state index is 0.462. The Hall–Kier alpha value is -1.87. The highest BCUT2D eigenvalue weighted by Gasteiger charge is 2.02. The van der Waals surface area contributed by atoms with Gasteiger partial charge in [-0.2, -0.15) is 0 Å². The number of benzene rings is 1. The number of para-hydroxylation sites is 1. The van der Waals surface area contributed by atoms with Crippen LogP contribution in [0, 0.1) is 6.92 Å². The van der Waals surface area contributed by atoms with Crippen LogP contribution in [0.1, 0.15) is 30.8 Å². The first-order chi connectivity index (χ1) is 9.65. The highest BCUT2D eigenvalue weighted by Crippen LogP contribution is 2.17. The Bertz CT molecular complexity index is 552. The average Bonchev–Trinajstić information content (AvgIpc) is 2.45. The number of rotatable bonds is 6. The average molecular weight is 270 g/mol. The van der Waals surface area contributed by atoms with Crippen LogP contribution in [0.3, 0.4) is 0 Å². The van der Waals surface area contributed by atoms with Gasteiger partial charge in [-0.1, -0.05) is 38.1 Å². The lowest BCUT2D eigenvalue weighted by Crippen LogP contribution is -2.22. The molecule has 20 heavy (non-hydrogen) atoms. The molecule has 0 unspecified atom stereocenters. The number of aromatic nitrogens is 1. The molecule has 0 saturated heterocycles. The standard InChI is InChI=1S/C17H22N2O/c1-13(2)18-11-15-8-6-9-16(19-15)12-20-17-10-5-4-7-14(17)3/h4-10,13,18H,11-12H2,1-3H3. The lowest BCUT2D eigenvalue weighted by molar-refractivity contribution is 0.299. The van der Waals surface area contributed by atoms with E-state index < -0.39 is 0 Å². The summed E-state index contributed by atoms with van der Waals surface area (Å²) in [5, 5.41) is 3.37. The second-order valence-electron chi connectivity index (χ2n) is 5.21. The van der Waals surface area contributed by atoms with Crippen molar-refractivity contribution >= 4 is 0 Å². The summed E-state index contributed by atoms with van der Waals surface area (Å²) in [5.74, 6) is 0.917. The van der Waals surface area contributed by atoms with Crippen molar-refractivity contribution in [2.45, 2.75) is 40.0 Å². The molecule has 0 radical (unpaired) electrons. The van der Waals surface area contributed by atoms with E-state index in [0.717, 1.165) is 29.2 Å². The molecule has 0 aliphatic carbocycles. The van der Waals surface area contributed by atoms with Crippen LogP contribution in [0.15, 0.2) is 42.5 Å². The number of nitrogens with one attached hydrogen (secondary N) is 1. The fraction of sp³-hybridized carbons (Fsp3) is 0.353. The zero-order valence-corrected chi connectivity index (χ0v) is 12.4. The Morgan fingerprint density at radius 2 is 1.80 bits per heavy atom. The van der Waals surface area contributed by atoms with Crippen LogP contribution < -0.4 is 10.1 Å². The van der Waals surface area contributed by atoms with Crippen molar-refractivity contribution in [1.29, 1.82) is 0 Å². The van der Waals surface area contributed by atoms with E-state index in [1.807, 2.05) is 49.4 Å². The maximum Gasteiger partial charge on any atom is 0.130 e. The molecule has 1 heterocycles. The smallest absolute Gasteiger partial charge is 0.130 e. The topological polar surface area (TPSA) is 34.1 Å². The first kappa shape index (κ1) is 14.5. The van der Waals surface area contributed by atoms with Crippen LogP contribution in [0.5, 0.6) is 5.75 Å². The summed E-state index contributed by atoms with van der Waals surface area (Å²) in [7, 11) is 0. The van der Waals surface area contributed by atoms with Gasteiger partial charge in [-0.05, 0) is 30.7 Å². The Morgan fingerprint density at radius 1 is 1.05 bits per heavy atom. The number of nitrogens with zero attached hydrogens (tertiary/aromatic N) is 1. The van der Waals surface area contributed by atoms with Gasteiger partial charge in [0.1, 0.15) is 12.4 Å². The molecule has 0 aliphatic rings. The third-order valence-corrected chi connectivity index (χ3v) is 3.03. The fourth-order valence-corrected chi connectivity index (χ4v) is 1.89. The highest BCUT2D eigenvalue weighted by molar-refractivity contribution is 5.31. The Morgan fingerprint density at radius 3 is 2.55 bits per heavy atom. The van der Waals surface area contributed by atoms with Crippen LogP contribution in [-0.4, -0.2) is 11.0 Å². The predicted molar refractivity (Wildman–Crippen MR) is 81.7 cm³/mol. The molecular weight excluding hydrogens is 248 g/mol. The Kier molecular flexibility index (Phi) is 5.13. The lowest BCUT2D eigenvalue weighted by atomic mass is 10.2. The highest BCUT2D eigenvalue weighted by atomic mass is 16.5. The van der Waals surface area contributed by atoms with Gasteiger partial charge in [0, 0.05) is 12.6 Å². The second kappa shape index (κ2) is 7.06. The molecule has 106 valence electrons. The molecule has 3 nitrogen and oxygen atoms in total. The number of hydrogen-bond donors (Lipinski definition) is 1. The third-order valence-electron chi connectivity index (χ3n) is 3.03. The van der Waals surface area contributed by atoms with E-state index in [1.165, 1.54) is 0 Å². The largest absolute Gasteiger partial charge is 0.487 e. The SMILES string of the molecule is Cc1ccccc1OCc1cccc(CNC(C)C)n1. The van der Waals surface area contributed by atoms with E-state index in [4.69, 9.17) is 4.74 Å². The van der Waals surface area contributed by atoms with Gasteiger partial charge in [0.25, 0.3) is 0 Å². The van der Waals surface area contributed by atoms with Gasteiger partial charge in [-0.15, -0.1) is 0 Å². The zero-order chi connectivity index (χ0) is 14.4. The predicted octanol–water partition coefficient (Wildman–Crippen LogP) is 3.47. The monoisotopic (exact) mass is 270 g/mol. The van der Waals surface area contributed by atoms with Crippen LogP contribution >= 0.6 is 0 Å². The van der Waals surface area contributed by atoms with Crippen LogP contribution in [0.25, 0.3) is 0 Å². The van der Waals surface area contributed by atoms with Gasteiger partial charge in [-0.3, -0.25) is 4.98 Å². The van der Waals surface area contributed by atoms with Gasteiger partial charge in [-0.25, -0.2) is 0 Å². The first-order valence-corrected chi connectivity index (χ1v) is 7.02. The number of ether oxygens (including phenoxy) is 1. The van der Waals surface area contributed by atoms with Crippen molar-refractivity contribution in [2.24, 2.45) is 0 Å². The van der Waals surface area contributed by atoms with Gasteiger partial charge in [0.05, 0.1) is 11.4 Å². The molecule has 2 rings (SSSR count). The number of pyridine rings is 1. The molecule has 1 aromatic carbocycles. The van der Waals surface area contributed by atoms with E-state index in [1.54, 1.807) is 0 Å². The molecule has 0 saturated carbocycles. The zero-order valence-electron chi connectivity index (χ0n) is 12.4. The van der Waals surface area contributed by atoms with Crippen molar-refractivity contribution in [3.63, 3.8) is 0 Å². The van der Waals surface area contributed by atoms with Crippen LogP contribution in [0.4, 0.5) is 0 Å². The van der Waals surface area contributed by atoms with E-state index in [2.05, 4.69) is 24.1 Å². The molecule has 0 fully saturated rings. The van der Waals surface area contributed by atoms with Crippen molar-refractivity contribution in [3.05, 3.63) is 59.4 Å². The Labute approximate surface area is 121 Å². The maximum atomic E-state index is 5.82. The summed E-state index contributed by atoms with van der Waals surface area (Å²) < 4.78 is 5.82. The number of hydrogen-bond acceptors (Lipinski definition) is 3. The van der Waals surface area contributed by atoms with Gasteiger partial charge in [0.2, 0.25) is 0 Å². The fourth-order valence-electron chi connectivity index (χ4n) is 1.89. The van der Waals surface area contributed by atoms with E-state index >= 15 is 0 Å². The number of aryl methyl sites for hydroxylation is 1. The quantitative estimate of drug-likeness (QED) is 0.872. The molecule has 0 spiro atoms. The lowest BCUT2D eigenvalue weighted by Gasteiger charge is -2.10. The van der Waals surface area contributed by atoms with Crippen LogP contribution in [0.2, 0.25) is 0 Å². The summed E-state index contributed by atoms with van der Waals surface area (Å²) in [6.45, 7) is 7.60.